The summed E-state index contributed by atoms with van der Waals surface area (Å²) in [7, 11) is 1.90. The predicted molar refractivity (Wildman–Crippen MR) is 78.4 cm³/mol. The number of nitro benzene ring substituents is 1. The SMILES string of the molecule is CCNc1ccc(CN(C)CC(C)C#N)cc1[N+](=O)[O-]. The van der Waals surface area contributed by atoms with Gasteiger partial charge in [0.1, 0.15) is 5.69 Å². The predicted octanol–water partition coefficient (Wildman–Crippen LogP) is 2.62. The van der Waals surface area contributed by atoms with Gasteiger partial charge in [0, 0.05) is 25.7 Å². The standard InChI is InChI=1S/C14H20N4O2/c1-4-16-13-6-5-12(7-14(13)18(19)20)10-17(3)9-11(2)8-15/h5-7,11,16H,4,9-10H2,1-3H3. The summed E-state index contributed by atoms with van der Waals surface area (Å²) in [5.74, 6) is -0.0592. The lowest BCUT2D eigenvalue weighted by Crippen LogP contribution is -2.23. The molecule has 0 amide bonds. The molecule has 1 aromatic carbocycles. The van der Waals surface area contributed by atoms with Gasteiger partial charge in [0.15, 0.2) is 0 Å². The maximum absolute atomic E-state index is 11.1. The number of nitrogens with one attached hydrogen (secondary N) is 1. The summed E-state index contributed by atoms with van der Waals surface area (Å²) >= 11 is 0. The van der Waals surface area contributed by atoms with Crippen molar-refractivity contribution in [2.45, 2.75) is 20.4 Å². The van der Waals surface area contributed by atoms with Gasteiger partial charge in [-0.3, -0.25) is 10.1 Å². The molecule has 108 valence electrons. The summed E-state index contributed by atoms with van der Waals surface area (Å²) in [6, 6.07) is 7.37. The quantitative estimate of drug-likeness (QED) is 0.611. The van der Waals surface area contributed by atoms with Crippen molar-refractivity contribution >= 4 is 11.4 Å². The number of hydrogen-bond acceptors (Lipinski definition) is 5. The first-order valence-corrected chi connectivity index (χ1v) is 6.57. The van der Waals surface area contributed by atoms with E-state index < -0.39 is 0 Å². The largest absolute Gasteiger partial charge is 0.380 e. The van der Waals surface area contributed by atoms with E-state index in [1.165, 1.54) is 0 Å². The van der Waals surface area contributed by atoms with Gasteiger partial charge < -0.3 is 10.2 Å². The molecule has 20 heavy (non-hydrogen) atoms. The first-order chi connectivity index (χ1) is 9.47. The van der Waals surface area contributed by atoms with E-state index in [0.29, 0.717) is 25.3 Å². The molecule has 0 bridgehead atoms. The number of benzene rings is 1. The Bertz CT molecular complexity index is 510. The fourth-order valence-electron chi connectivity index (χ4n) is 2.05. The first kappa shape index (κ1) is 15.9. The lowest BCUT2D eigenvalue weighted by atomic mass is 10.1. The van der Waals surface area contributed by atoms with Crippen molar-refractivity contribution in [2.75, 3.05) is 25.5 Å². The monoisotopic (exact) mass is 276 g/mol. The molecule has 0 aliphatic carbocycles. The highest BCUT2D eigenvalue weighted by molar-refractivity contribution is 5.62. The fourth-order valence-corrected chi connectivity index (χ4v) is 2.05. The van der Waals surface area contributed by atoms with Gasteiger partial charge in [-0.15, -0.1) is 0 Å². The number of hydrogen-bond donors (Lipinski definition) is 1. The summed E-state index contributed by atoms with van der Waals surface area (Å²) in [5, 5.41) is 22.8. The summed E-state index contributed by atoms with van der Waals surface area (Å²) in [6.45, 7) is 5.61. The smallest absolute Gasteiger partial charge is 0.292 e. The van der Waals surface area contributed by atoms with Gasteiger partial charge in [0.2, 0.25) is 0 Å². The Balaban J connectivity index is 2.84. The summed E-state index contributed by atoms with van der Waals surface area (Å²) < 4.78 is 0. The molecule has 1 aromatic rings. The maximum atomic E-state index is 11.1. The molecule has 6 nitrogen and oxygen atoms in total. The van der Waals surface area contributed by atoms with Gasteiger partial charge in [-0.2, -0.15) is 5.26 Å². The molecule has 1 N–H and O–H groups in total. The molecule has 0 saturated heterocycles. The van der Waals surface area contributed by atoms with E-state index >= 15 is 0 Å². The highest BCUT2D eigenvalue weighted by Gasteiger charge is 2.15. The zero-order chi connectivity index (χ0) is 15.1. The Kier molecular flexibility index (Phi) is 5.94. The second-order valence-corrected chi connectivity index (χ2v) is 4.87. The molecule has 1 rings (SSSR count). The number of nitro groups is 1. The lowest BCUT2D eigenvalue weighted by Gasteiger charge is -2.18. The molecular weight excluding hydrogens is 256 g/mol. The molecule has 0 saturated carbocycles. The molecule has 1 atom stereocenters. The van der Waals surface area contributed by atoms with Gasteiger partial charge in [-0.25, -0.2) is 0 Å². The minimum atomic E-state index is -0.376. The average Bonchev–Trinajstić information content (AvgIpc) is 2.40. The Labute approximate surface area is 119 Å². The third-order valence-corrected chi connectivity index (χ3v) is 2.88. The molecular formula is C14H20N4O2. The van der Waals surface area contributed by atoms with Gasteiger partial charge in [0.25, 0.3) is 5.69 Å². The van der Waals surface area contributed by atoms with Crippen LogP contribution in [0.4, 0.5) is 11.4 Å². The zero-order valence-electron chi connectivity index (χ0n) is 12.1. The highest BCUT2D eigenvalue weighted by atomic mass is 16.6. The van der Waals surface area contributed by atoms with Crippen LogP contribution in [0.15, 0.2) is 18.2 Å². The van der Waals surface area contributed by atoms with Crippen LogP contribution >= 0.6 is 0 Å². The second kappa shape index (κ2) is 7.46. The number of anilines is 1. The van der Waals surface area contributed by atoms with Crippen LogP contribution in [0.25, 0.3) is 0 Å². The van der Waals surface area contributed by atoms with Crippen LogP contribution in [-0.4, -0.2) is 30.0 Å². The molecule has 0 fully saturated rings. The fraction of sp³-hybridized carbons (Fsp3) is 0.500. The van der Waals surface area contributed by atoms with E-state index in [-0.39, 0.29) is 16.5 Å². The van der Waals surface area contributed by atoms with E-state index in [1.54, 1.807) is 12.1 Å². The number of nitrogens with zero attached hydrogens (tertiary/aromatic N) is 3. The highest BCUT2D eigenvalue weighted by Crippen LogP contribution is 2.25. The summed E-state index contributed by atoms with van der Waals surface area (Å²) in [5.41, 5.74) is 1.49. The van der Waals surface area contributed by atoms with Crippen molar-refractivity contribution < 1.29 is 4.92 Å². The van der Waals surface area contributed by atoms with Gasteiger partial charge in [-0.1, -0.05) is 6.07 Å². The second-order valence-electron chi connectivity index (χ2n) is 4.87. The van der Waals surface area contributed by atoms with Crippen LogP contribution in [0.1, 0.15) is 19.4 Å². The molecule has 6 heteroatoms. The van der Waals surface area contributed by atoms with Gasteiger partial charge >= 0.3 is 0 Å². The van der Waals surface area contributed by atoms with Crippen LogP contribution in [0.3, 0.4) is 0 Å². The summed E-state index contributed by atoms with van der Waals surface area (Å²) in [6.07, 6.45) is 0. The first-order valence-electron chi connectivity index (χ1n) is 6.57. The van der Waals surface area contributed by atoms with Crippen molar-refractivity contribution in [3.8, 4) is 6.07 Å². The Morgan fingerprint density at radius 2 is 2.25 bits per heavy atom. The van der Waals surface area contributed by atoms with Crippen molar-refractivity contribution in [3.63, 3.8) is 0 Å². The molecule has 1 unspecified atom stereocenters. The van der Waals surface area contributed by atoms with Gasteiger partial charge in [0.05, 0.1) is 16.9 Å². The van der Waals surface area contributed by atoms with Crippen LogP contribution < -0.4 is 5.32 Å². The van der Waals surface area contributed by atoms with Crippen molar-refractivity contribution in [1.82, 2.24) is 4.90 Å². The molecule has 0 aliphatic rings. The molecule has 0 spiro atoms. The normalized spacial score (nSPS) is 11.9. The molecule has 0 radical (unpaired) electrons. The Morgan fingerprint density at radius 3 is 2.80 bits per heavy atom. The molecule has 0 aliphatic heterocycles. The third-order valence-electron chi connectivity index (χ3n) is 2.88. The van der Waals surface area contributed by atoms with Crippen molar-refractivity contribution in [3.05, 3.63) is 33.9 Å². The van der Waals surface area contributed by atoms with Crippen LogP contribution in [0.2, 0.25) is 0 Å². The van der Waals surface area contributed by atoms with Gasteiger partial charge in [-0.05, 0) is 32.5 Å². The van der Waals surface area contributed by atoms with Crippen LogP contribution in [-0.2, 0) is 6.54 Å². The van der Waals surface area contributed by atoms with Crippen LogP contribution in [0.5, 0.6) is 0 Å². The third kappa shape index (κ3) is 4.52. The molecule has 0 aromatic heterocycles. The van der Waals surface area contributed by atoms with Crippen molar-refractivity contribution in [2.24, 2.45) is 5.92 Å². The molecule has 0 heterocycles. The van der Waals surface area contributed by atoms with E-state index in [0.717, 1.165) is 5.56 Å². The maximum Gasteiger partial charge on any atom is 0.292 e. The Hall–Kier alpha value is -2.13. The minimum absolute atomic E-state index is 0.0592. The summed E-state index contributed by atoms with van der Waals surface area (Å²) in [4.78, 5) is 12.7. The average molecular weight is 276 g/mol. The Morgan fingerprint density at radius 1 is 1.55 bits per heavy atom. The lowest BCUT2D eigenvalue weighted by molar-refractivity contribution is -0.384. The van der Waals surface area contributed by atoms with Crippen LogP contribution in [0, 0.1) is 27.4 Å². The number of nitriles is 1. The van der Waals surface area contributed by atoms with E-state index in [2.05, 4.69) is 11.4 Å². The minimum Gasteiger partial charge on any atom is -0.380 e. The topological polar surface area (TPSA) is 82.2 Å². The van der Waals surface area contributed by atoms with Crippen molar-refractivity contribution in [1.29, 1.82) is 5.26 Å². The zero-order valence-corrected chi connectivity index (χ0v) is 12.1. The number of rotatable bonds is 7. The van der Waals surface area contributed by atoms with E-state index in [9.17, 15) is 10.1 Å². The van der Waals surface area contributed by atoms with E-state index in [4.69, 9.17) is 5.26 Å². The van der Waals surface area contributed by atoms with E-state index in [1.807, 2.05) is 31.9 Å².